The Labute approximate surface area is 148 Å². The molecule has 128 valence electrons. The predicted molar refractivity (Wildman–Crippen MR) is 101 cm³/mol. The van der Waals surface area contributed by atoms with Gasteiger partial charge < -0.3 is 15.1 Å². The molecular weight excluding hydrogens is 318 g/mol. The molecule has 5 heteroatoms. The number of hydrogen-bond donors (Lipinski definition) is 2. The van der Waals surface area contributed by atoms with Crippen molar-refractivity contribution >= 4 is 28.6 Å². The molecule has 0 spiro atoms. The highest BCUT2D eigenvalue weighted by Crippen LogP contribution is 2.21. The molecule has 0 saturated carbocycles. The number of thiophene rings is 1. The maximum absolute atomic E-state index is 12.2. The third kappa shape index (κ3) is 4.82. The monoisotopic (exact) mass is 344 g/mol. The molecular formula is C19H26N3OS+. The summed E-state index contributed by atoms with van der Waals surface area (Å²) >= 11 is 1.74. The SMILES string of the molecule is C[NH+](CC(=O)Nc1ccc(N2CCCCC2)cc1)Cc1cccs1. The summed E-state index contributed by atoms with van der Waals surface area (Å²) in [5.41, 5.74) is 2.14. The third-order valence-corrected chi connectivity index (χ3v) is 5.27. The minimum atomic E-state index is 0.0646. The molecule has 0 aliphatic carbocycles. The van der Waals surface area contributed by atoms with Crippen molar-refractivity contribution in [3.8, 4) is 0 Å². The second-order valence-corrected chi connectivity index (χ2v) is 7.57. The summed E-state index contributed by atoms with van der Waals surface area (Å²) < 4.78 is 0. The summed E-state index contributed by atoms with van der Waals surface area (Å²) in [5.74, 6) is 0.0646. The van der Waals surface area contributed by atoms with Crippen LogP contribution < -0.4 is 15.1 Å². The first kappa shape index (κ1) is 17.0. The van der Waals surface area contributed by atoms with Gasteiger partial charge in [0.25, 0.3) is 5.91 Å². The van der Waals surface area contributed by atoms with E-state index in [1.54, 1.807) is 11.3 Å². The molecule has 1 amide bonds. The number of piperidine rings is 1. The molecule has 1 aliphatic rings. The minimum absolute atomic E-state index is 0.0646. The van der Waals surface area contributed by atoms with Crippen LogP contribution in [0.1, 0.15) is 24.1 Å². The van der Waals surface area contributed by atoms with Crippen molar-refractivity contribution in [1.82, 2.24) is 0 Å². The maximum Gasteiger partial charge on any atom is 0.279 e. The fourth-order valence-electron chi connectivity index (χ4n) is 3.16. The number of hydrogen-bond acceptors (Lipinski definition) is 3. The maximum atomic E-state index is 12.2. The molecule has 3 rings (SSSR count). The van der Waals surface area contributed by atoms with E-state index in [1.165, 1.54) is 34.7 Å². The lowest BCUT2D eigenvalue weighted by molar-refractivity contribution is -0.884. The summed E-state index contributed by atoms with van der Waals surface area (Å²) in [7, 11) is 2.05. The van der Waals surface area contributed by atoms with E-state index in [0.29, 0.717) is 6.54 Å². The third-order valence-electron chi connectivity index (χ3n) is 4.39. The van der Waals surface area contributed by atoms with E-state index in [4.69, 9.17) is 0 Å². The summed E-state index contributed by atoms with van der Waals surface area (Å²) in [5, 5.41) is 5.08. The van der Waals surface area contributed by atoms with Crippen LogP contribution >= 0.6 is 11.3 Å². The number of amides is 1. The fourth-order valence-corrected chi connectivity index (χ4v) is 3.98. The Morgan fingerprint density at radius 1 is 1.17 bits per heavy atom. The lowest BCUT2D eigenvalue weighted by Crippen LogP contribution is -3.08. The normalized spacial score (nSPS) is 16.0. The van der Waals surface area contributed by atoms with Crippen LogP contribution in [-0.4, -0.2) is 32.6 Å². The Balaban J connectivity index is 1.48. The summed E-state index contributed by atoms with van der Waals surface area (Å²) in [6, 6.07) is 12.4. The highest BCUT2D eigenvalue weighted by Gasteiger charge is 2.13. The first-order valence-electron chi connectivity index (χ1n) is 8.69. The average molecular weight is 345 g/mol. The van der Waals surface area contributed by atoms with E-state index in [-0.39, 0.29) is 5.91 Å². The van der Waals surface area contributed by atoms with Crippen LogP contribution in [0.15, 0.2) is 41.8 Å². The van der Waals surface area contributed by atoms with Crippen LogP contribution in [0, 0.1) is 0 Å². The average Bonchev–Trinajstić information content (AvgIpc) is 3.09. The fraction of sp³-hybridized carbons (Fsp3) is 0.421. The van der Waals surface area contributed by atoms with Crippen LogP contribution in [-0.2, 0) is 11.3 Å². The van der Waals surface area contributed by atoms with Gasteiger partial charge in [0.05, 0.1) is 11.9 Å². The molecule has 1 unspecified atom stereocenters. The molecule has 1 atom stereocenters. The predicted octanol–water partition coefficient (Wildman–Crippen LogP) is 2.39. The lowest BCUT2D eigenvalue weighted by Gasteiger charge is -2.28. The number of nitrogens with zero attached hydrogens (tertiary/aromatic N) is 1. The standard InChI is InChI=1S/C19H25N3OS/c1-21(14-18-6-5-13-24-18)15-19(23)20-16-7-9-17(10-8-16)22-11-3-2-4-12-22/h5-10,13H,2-4,11-12,14-15H2,1H3,(H,20,23)/p+1. The van der Waals surface area contributed by atoms with E-state index < -0.39 is 0 Å². The Bertz CT molecular complexity index is 633. The van der Waals surface area contributed by atoms with Gasteiger partial charge in [-0.25, -0.2) is 0 Å². The smallest absolute Gasteiger partial charge is 0.279 e. The number of likely N-dealkylation sites (N-methyl/N-ethyl adjacent to an activating group) is 1. The molecule has 0 bridgehead atoms. The van der Waals surface area contributed by atoms with Gasteiger partial charge in [0.1, 0.15) is 6.54 Å². The molecule has 0 radical (unpaired) electrons. The quantitative estimate of drug-likeness (QED) is 0.844. The van der Waals surface area contributed by atoms with Crippen LogP contribution in [0.3, 0.4) is 0 Å². The minimum Gasteiger partial charge on any atom is -0.372 e. The van der Waals surface area contributed by atoms with Crippen LogP contribution in [0.4, 0.5) is 11.4 Å². The van der Waals surface area contributed by atoms with Gasteiger partial charge in [0, 0.05) is 24.5 Å². The number of quaternary nitrogens is 1. The molecule has 1 saturated heterocycles. The van der Waals surface area contributed by atoms with Crippen molar-refractivity contribution < 1.29 is 9.69 Å². The number of carbonyl (C=O) groups excluding carboxylic acids is 1. The Kier molecular flexibility index (Phi) is 5.88. The first-order valence-corrected chi connectivity index (χ1v) is 9.57. The lowest BCUT2D eigenvalue weighted by atomic mass is 10.1. The van der Waals surface area contributed by atoms with E-state index in [2.05, 4.69) is 46.9 Å². The van der Waals surface area contributed by atoms with E-state index in [1.807, 2.05) is 12.1 Å². The number of nitrogens with one attached hydrogen (secondary N) is 2. The number of carbonyl (C=O) groups is 1. The van der Waals surface area contributed by atoms with Gasteiger partial charge in [-0.1, -0.05) is 6.07 Å². The van der Waals surface area contributed by atoms with Gasteiger partial charge in [0.2, 0.25) is 0 Å². The molecule has 4 nitrogen and oxygen atoms in total. The molecule has 1 aromatic carbocycles. The summed E-state index contributed by atoms with van der Waals surface area (Å²) in [6.45, 7) is 3.65. The van der Waals surface area contributed by atoms with Gasteiger partial charge in [-0.2, -0.15) is 0 Å². The van der Waals surface area contributed by atoms with Gasteiger partial charge in [-0.3, -0.25) is 4.79 Å². The molecule has 1 aliphatic heterocycles. The van der Waals surface area contributed by atoms with Crippen molar-refractivity contribution in [2.24, 2.45) is 0 Å². The van der Waals surface area contributed by atoms with Crippen molar-refractivity contribution in [1.29, 1.82) is 0 Å². The Hall–Kier alpha value is -1.85. The van der Waals surface area contributed by atoms with E-state index >= 15 is 0 Å². The van der Waals surface area contributed by atoms with Gasteiger partial charge in [-0.15, -0.1) is 11.3 Å². The summed E-state index contributed by atoms with van der Waals surface area (Å²) in [4.78, 5) is 17.1. The van der Waals surface area contributed by atoms with Crippen molar-refractivity contribution in [2.45, 2.75) is 25.8 Å². The van der Waals surface area contributed by atoms with Gasteiger partial charge in [0.15, 0.2) is 6.54 Å². The zero-order chi connectivity index (χ0) is 16.8. The second-order valence-electron chi connectivity index (χ2n) is 6.53. The highest BCUT2D eigenvalue weighted by molar-refractivity contribution is 7.09. The van der Waals surface area contributed by atoms with Crippen LogP contribution in [0.25, 0.3) is 0 Å². The number of rotatable bonds is 6. The molecule has 2 N–H and O–H groups in total. The van der Waals surface area contributed by atoms with Crippen LogP contribution in [0.2, 0.25) is 0 Å². The zero-order valence-electron chi connectivity index (χ0n) is 14.3. The molecule has 24 heavy (non-hydrogen) atoms. The van der Waals surface area contributed by atoms with Crippen molar-refractivity contribution in [3.63, 3.8) is 0 Å². The largest absolute Gasteiger partial charge is 0.372 e. The Morgan fingerprint density at radius 2 is 1.92 bits per heavy atom. The number of anilines is 2. The zero-order valence-corrected chi connectivity index (χ0v) is 15.1. The molecule has 2 heterocycles. The van der Waals surface area contributed by atoms with Crippen LogP contribution in [0.5, 0.6) is 0 Å². The van der Waals surface area contributed by atoms with Gasteiger partial charge in [-0.05, 0) is 55.0 Å². The van der Waals surface area contributed by atoms with Crippen molar-refractivity contribution in [2.75, 3.05) is 36.9 Å². The summed E-state index contributed by atoms with van der Waals surface area (Å²) in [6.07, 6.45) is 3.89. The second kappa shape index (κ2) is 8.31. The highest BCUT2D eigenvalue weighted by atomic mass is 32.1. The topological polar surface area (TPSA) is 36.8 Å². The molecule has 1 aromatic heterocycles. The molecule has 1 fully saturated rings. The number of benzene rings is 1. The van der Waals surface area contributed by atoms with Crippen molar-refractivity contribution in [3.05, 3.63) is 46.7 Å². The Morgan fingerprint density at radius 3 is 2.58 bits per heavy atom. The first-order chi connectivity index (χ1) is 11.7. The van der Waals surface area contributed by atoms with E-state index in [9.17, 15) is 4.79 Å². The van der Waals surface area contributed by atoms with Gasteiger partial charge >= 0.3 is 0 Å². The molecule has 2 aromatic rings. The van der Waals surface area contributed by atoms with E-state index in [0.717, 1.165) is 25.3 Å².